The summed E-state index contributed by atoms with van der Waals surface area (Å²) >= 11 is 7.58. The van der Waals surface area contributed by atoms with Gasteiger partial charge in [-0.2, -0.15) is 0 Å². The molecule has 116 valence electrons. The highest BCUT2D eigenvalue weighted by Crippen LogP contribution is 2.33. The minimum Gasteiger partial charge on any atom is -0.454 e. The minimum atomic E-state index is 0.221. The summed E-state index contributed by atoms with van der Waals surface area (Å²) in [6.07, 6.45) is 1.74. The van der Waals surface area contributed by atoms with Crippen LogP contribution in [0.15, 0.2) is 41.9 Å². The number of hydrogen-bond acceptors (Lipinski definition) is 6. The Bertz CT molecular complexity index is 839. The van der Waals surface area contributed by atoms with Crippen molar-refractivity contribution in [2.45, 2.75) is 6.54 Å². The first-order chi connectivity index (χ1) is 11.3. The number of hydrogen-bond donors (Lipinski definition) is 1. The summed E-state index contributed by atoms with van der Waals surface area (Å²) < 4.78 is 10.7. The molecule has 1 N–H and O–H groups in total. The number of aromatic nitrogens is 2. The lowest BCUT2D eigenvalue weighted by Crippen LogP contribution is -2.04. The Kier molecular flexibility index (Phi) is 3.77. The van der Waals surface area contributed by atoms with Gasteiger partial charge in [-0.3, -0.25) is 0 Å². The average Bonchev–Trinajstić information content (AvgIpc) is 3.24. The number of rotatable bonds is 4. The largest absolute Gasteiger partial charge is 0.454 e. The molecular weight excluding hydrogens is 334 g/mol. The van der Waals surface area contributed by atoms with Gasteiger partial charge in [-0.25, -0.2) is 9.97 Å². The molecule has 4 rings (SSSR count). The highest BCUT2D eigenvalue weighted by Gasteiger charge is 2.14. The van der Waals surface area contributed by atoms with E-state index in [2.05, 4.69) is 15.3 Å². The van der Waals surface area contributed by atoms with Crippen LogP contribution in [0.4, 0.5) is 5.82 Å². The first-order valence-corrected chi connectivity index (χ1v) is 8.24. The van der Waals surface area contributed by atoms with Gasteiger partial charge in [-0.1, -0.05) is 12.1 Å². The predicted octanol–water partition coefficient (Wildman–Crippen LogP) is 4.20. The number of nitrogens with zero attached hydrogens (tertiary/aromatic N) is 2. The SMILES string of the molecule is Clc1ncc(-c2cccs2)c(NCc2ccc3c(c2)OCO3)n1. The van der Waals surface area contributed by atoms with Crippen molar-refractivity contribution in [3.8, 4) is 21.9 Å². The van der Waals surface area contributed by atoms with Crippen LogP contribution in [0.1, 0.15) is 5.56 Å². The minimum absolute atomic E-state index is 0.221. The molecule has 0 atom stereocenters. The smallest absolute Gasteiger partial charge is 0.231 e. The van der Waals surface area contributed by atoms with E-state index in [0.29, 0.717) is 12.4 Å². The Morgan fingerprint density at radius 1 is 1.22 bits per heavy atom. The van der Waals surface area contributed by atoms with E-state index in [1.165, 1.54) is 0 Å². The third-order valence-corrected chi connectivity index (χ3v) is 4.53. The molecule has 0 saturated heterocycles. The number of benzene rings is 1. The maximum atomic E-state index is 5.94. The van der Waals surface area contributed by atoms with E-state index in [1.807, 2.05) is 35.7 Å². The van der Waals surface area contributed by atoms with Crippen molar-refractivity contribution in [1.82, 2.24) is 9.97 Å². The lowest BCUT2D eigenvalue weighted by Gasteiger charge is -2.10. The molecule has 5 nitrogen and oxygen atoms in total. The molecule has 2 aromatic heterocycles. The van der Waals surface area contributed by atoms with Crippen molar-refractivity contribution in [3.63, 3.8) is 0 Å². The first kappa shape index (κ1) is 14.3. The van der Waals surface area contributed by atoms with Crippen molar-refractivity contribution in [2.24, 2.45) is 0 Å². The van der Waals surface area contributed by atoms with Gasteiger partial charge in [0.1, 0.15) is 5.82 Å². The van der Waals surface area contributed by atoms with Crippen LogP contribution < -0.4 is 14.8 Å². The molecule has 1 aliphatic heterocycles. The molecule has 0 bridgehead atoms. The first-order valence-electron chi connectivity index (χ1n) is 6.98. The lowest BCUT2D eigenvalue weighted by molar-refractivity contribution is 0.174. The molecule has 0 fully saturated rings. The second-order valence-electron chi connectivity index (χ2n) is 4.92. The fourth-order valence-corrected chi connectivity index (χ4v) is 3.21. The summed E-state index contributed by atoms with van der Waals surface area (Å²) in [5.74, 6) is 2.26. The van der Waals surface area contributed by atoms with Gasteiger partial charge >= 0.3 is 0 Å². The molecule has 3 heterocycles. The number of nitrogens with one attached hydrogen (secondary N) is 1. The topological polar surface area (TPSA) is 56.3 Å². The molecule has 0 saturated carbocycles. The van der Waals surface area contributed by atoms with Crippen LogP contribution in [0.5, 0.6) is 11.5 Å². The van der Waals surface area contributed by atoms with Gasteiger partial charge in [-0.05, 0) is 40.7 Å². The van der Waals surface area contributed by atoms with Gasteiger partial charge in [0.25, 0.3) is 0 Å². The van der Waals surface area contributed by atoms with Gasteiger partial charge in [0.15, 0.2) is 11.5 Å². The molecule has 23 heavy (non-hydrogen) atoms. The second-order valence-corrected chi connectivity index (χ2v) is 6.21. The summed E-state index contributed by atoms with van der Waals surface area (Å²) in [7, 11) is 0. The molecule has 0 amide bonds. The number of fused-ring (bicyclic) bond motifs is 1. The van der Waals surface area contributed by atoms with Crippen molar-refractivity contribution >= 4 is 28.8 Å². The zero-order valence-corrected chi connectivity index (χ0v) is 13.5. The van der Waals surface area contributed by atoms with Crippen LogP contribution in [-0.2, 0) is 6.54 Å². The molecule has 0 aliphatic carbocycles. The third kappa shape index (κ3) is 2.95. The standard InChI is InChI=1S/C16H12ClN3O2S/c17-16-19-8-11(14-2-1-5-23-14)15(20-16)18-7-10-3-4-12-13(6-10)22-9-21-12/h1-6,8H,7,9H2,(H,18,19,20). The fraction of sp³-hybridized carbons (Fsp3) is 0.125. The summed E-state index contributed by atoms with van der Waals surface area (Å²) in [5, 5.41) is 5.56. The highest BCUT2D eigenvalue weighted by molar-refractivity contribution is 7.13. The third-order valence-electron chi connectivity index (χ3n) is 3.44. The summed E-state index contributed by atoms with van der Waals surface area (Å²) in [5.41, 5.74) is 2.01. The molecule has 1 aliphatic rings. The van der Waals surface area contributed by atoms with E-state index in [0.717, 1.165) is 27.5 Å². The number of halogens is 1. The Labute approximate surface area is 141 Å². The Morgan fingerprint density at radius 3 is 3.00 bits per heavy atom. The van der Waals surface area contributed by atoms with Gasteiger partial charge in [0.05, 0.1) is 5.56 Å². The van der Waals surface area contributed by atoms with Crippen LogP contribution in [0.25, 0.3) is 10.4 Å². The average molecular weight is 346 g/mol. The summed E-state index contributed by atoms with van der Waals surface area (Å²) in [4.78, 5) is 9.49. The highest BCUT2D eigenvalue weighted by atomic mass is 35.5. The van der Waals surface area contributed by atoms with E-state index in [9.17, 15) is 0 Å². The lowest BCUT2D eigenvalue weighted by atomic mass is 10.2. The zero-order valence-electron chi connectivity index (χ0n) is 12.0. The van der Waals surface area contributed by atoms with Crippen LogP contribution in [0, 0.1) is 0 Å². The van der Waals surface area contributed by atoms with Gasteiger partial charge in [0.2, 0.25) is 12.1 Å². The van der Waals surface area contributed by atoms with E-state index >= 15 is 0 Å². The Morgan fingerprint density at radius 2 is 2.13 bits per heavy atom. The second kappa shape index (κ2) is 6.06. The van der Waals surface area contributed by atoms with E-state index in [4.69, 9.17) is 21.1 Å². The predicted molar refractivity (Wildman–Crippen MR) is 90.2 cm³/mol. The Balaban J connectivity index is 1.58. The fourth-order valence-electron chi connectivity index (χ4n) is 2.34. The monoisotopic (exact) mass is 345 g/mol. The Hall–Kier alpha value is -2.31. The van der Waals surface area contributed by atoms with Crippen molar-refractivity contribution in [3.05, 3.63) is 52.8 Å². The molecular formula is C16H12ClN3O2S. The van der Waals surface area contributed by atoms with E-state index in [-0.39, 0.29) is 12.1 Å². The van der Waals surface area contributed by atoms with Crippen molar-refractivity contribution < 1.29 is 9.47 Å². The molecule has 0 radical (unpaired) electrons. The number of thiophene rings is 1. The van der Waals surface area contributed by atoms with Crippen molar-refractivity contribution in [2.75, 3.05) is 12.1 Å². The van der Waals surface area contributed by atoms with Crippen molar-refractivity contribution in [1.29, 1.82) is 0 Å². The van der Waals surface area contributed by atoms with Gasteiger partial charge in [0, 0.05) is 17.6 Å². The maximum Gasteiger partial charge on any atom is 0.231 e. The summed E-state index contributed by atoms with van der Waals surface area (Å²) in [6, 6.07) is 9.89. The normalized spacial score (nSPS) is 12.4. The summed E-state index contributed by atoms with van der Waals surface area (Å²) in [6.45, 7) is 0.874. The van der Waals surface area contributed by atoms with E-state index < -0.39 is 0 Å². The molecule has 3 aromatic rings. The van der Waals surface area contributed by atoms with Gasteiger partial charge in [-0.15, -0.1) is 11.3 Å². The molecule has 0 unspecified atom stereocenters. The molecule has 0 spiro atoms. The molecule has 1 aromatic carbocycles. The van der Waals surface area contributed by atoms with Gasteiger partial charge < -0.3 is 14.8 Å². The van der Waals surface area contributed by atoms with Crippen LogP contribution >= 0.6 is 22.9 Å². The number of anilines is 1. The van der Waals surface area contributed by atoms with Crippen LogP contribution in [0.2, 0.25) is 5.28 Å². The number of ether oxygens (including phenoxy) is 2. The molecule has 7 heteroatoms. The maximum absolute atomic E-state index is 5.94. The zero-order chi connectivity index (χ0) is 15.6. The van der Waals surface area contributed by atoms with Crippen LogP contribution in [0.3, 0.4) is 0 Å². The van der Waals surface area contributed by atoms with Crippen LogP contribution in [-0.4, -0.2) is 16.8 Å². The quantitative estimate of drug-likeness (QED) is 0.718. The van der Waals surface area contributed by atoms with E-state index in [1.54, 1.807) is 17.5 Å².